The number of benzene rings is 2. The first kappa shape index (κ1) is 16.4. The van der Waals surface area contributed by atoms with Gasteiger partial charge in [0.2, 0.25) is 0 Å². The fourth-order valence-electron chi connectivity index (χ4n) is 3.27. The lowest BCUT2D eigenvalue weighted by Gasteiger charge is -2.26. The van der Waals surface area contributed by atoms with Crippen molar-refractivity contribution in [3.05, 3.63) is 58.9 Å². The number of carbonyl (C=O) groups is 1. The number of rotatable bonds is 2. The van der Waals surface area contributed by atoms with Crippen molar-refractivity contribution in [3.63, 3.8) is 0 Å². The van der Waals surface area contributed by atoms with Gasteiger partial charge in [-0.25, -0.2) is 18.0 Å². The van der Waals surface area contributed by atoms with E-state index in [0.29, 0.717) is 12.0 Å². The zero-order chi connectivity index (χ0) is 17.6. The molecule has 6 heteroatoms. The number of halogens is 3. The molecule has 1 aliphatic carbocycles. The molecule has 3 nitrogen and oxygen atoms in total. The summed E-state index contributed by atoms with van der Waals surface area (Å²) < 4.78 is 45.8. The van der Waals surface area contributed by atoms with E-state index in [1.54, 1.807) is 18.2 Å². The molecule has 0 saturated heterocycles. The van der Waals surface area contributed by atoms with E-state index < -0.39 is 29.6 Å². The summed E-state index contributed by atoms with van der Waals surface area (Å²) in [5, 5.41) is 0. The van der Waals surface area contributed by atoms with Crippen LogP contribution in [0.4, 0.5) is 18.0 Å². The molecule has 1 unspecified atom stereocenters. The first-order valence-corrected chi connectivity index (χ1v) is 7.43. The van der Waals surface area contributed by atoms with E-state index in [1.165, 1.54) is 6.07 Å². The molecule has 3 rings (SSSR count). The van der Waals surface area contributed by atoms with E-state index in [1.807, 2.05) is 13.8 Å². The van der Waals surface area contributed by atoms with Gasteiger partial charge in [-0.15, -0.1) is 0 Å². The Hall–Kier alpha value is -2.50. The Morgan fingerprint density at radius 2 is 1.88 bits per heavy atom. The van der Waals surface area contributed by atoms with Gasteiger partial charge in [-0.2, -0.15) is 0 Å². The van der Waals surface area contributed by atoms with Crippen LogP contribution in [0, 0.1) is 22.9 Å². The lowest BCUT2D eigenvalue weighted by Crippen LogP contribution is -2.25. The Bertz CT molecular complexity index is 833. The zero-order valence-electron chi connectivity index (χ0n) is 13.2. The average Bonchev–Trinajstić information content (AvgIpc) is 2.74. The summed E-state index contributed by atoms with van der Waals surface area (Å²) in [5.41, 5.74) is 6.81. The minimum Gasteiger partial charge on any atom is -0.441 e. The van der Waals surface area contributed by atoms with Crippen LogP contribution < -0.4 is 5.73 Å². The van der Waals surface area contributed by atoms with E-state index >= 15 is 0 Å². The second-order valence-electron chi connectivity index (χ2n) is 6.62. The van der Waals surface area contributed by atoms with Crippen LogP contribution in [0.25, 0.3) is 11.1 Å². The first-order valence-electron chi connectivity index (χ1n) is 7.43. The molecule has 24 heavy (non-hydrogen) atoms. The van der Waals surface area contributed by atoms with Gasteiger partial charge in [0.25, 0.3) is 0 Å². The van der Waals surface area contributed by atoms with Gasteiger partial charge in [-0.1, -0.05) is 32.0 Å². The lowest BCUT2D eigenvalue weighted by molar-refractivity contribution is 0.0392. The van der Waals surface area contributed by atoms with E-state index in [0.717, 1.165) is 17.2 Å². The summed E-state index contributed by atoms with van der Waals surface area (Å²) in [7, 11) is 0. The normalized spacial score (nSPS) is 18.3. The highest BCUT2D eigenvalue weighted by Gasteiger charge is 2.41. The molecule has 0 saturated carbocycles. The number of ether oxygens (including phenoxy) is 1. The second-order valence-corrected chi connectivity index (χ2v) is 6.62. The highest BCUT2D eigenvalue weighted by molar-refractivity contribution is 5.68. The number of amides is 1. The SMILES string of the molecule is CC1(C)Cc2cc(-c3ccc(F)c(F)c3F)ccc2C1OC(N)=O. The Morgan fingerprint density at radius 3 is 2.54 bits per heavy atom. The van der Waals surface area contributed by atoms with E-state index in [-0.39, 0.29) is 11.0 Å². The molecule has 126 valence electrons. The van der Waals surface area contributed by atoms with Crippen LogP contribution in [0.3, 0.4) is 0 Å². The van der Waals surface area contributed by atoms with Crippen LogP contribution in [0.5, 0.6) is 0 Å². The summed E-state index contributed by atoms with van der Waals surface area (Å²) in [6.07, 6.45) is -0.787. The summed E-state index contributed by atoms with van der Waals surface area (Å²) in [6.45, 7) is 3.86. The predicted octanol–water partition coefficient (Wildman–Crippen LogP) is 4.49. The van der Waals surface area contributed by atoms with Gasteiger partial charge >= 0.3 is 6.09 Å². The largest absolute Gasteiger partial charge is 0.441 e. The fraction of sp³-hybridized carbons (Fsp3) is 0.278. The van der Waals surface area contributed by atoms with Crippen molar-refractivity contribution in [2.75, 3.05) is 0 Å². The van der Waals surface area contributed by atoms with Crippen LogP contribution in [-0.2, 0) is 11.2 Å². The van der Waals surface area contributed by atoms with Crippen LogP contribution in [0.15, 0.2) is 30.3 Å². The molecule has 0 bridgehead atoms. The Labute approximate surface area is 137 Å². The molecule has 0 spiro atoms. The molecule has 0 aromatic heterocycles. The Morgan fingerprint density at radius 1 is 1.17 bits per heavy atom. The summed E-state index contributed by atoms with van der Waals surface area (Å²) in [4.78, 5) is 11.1. The van der Waals surface area contributed by atoms with Crippen molar-refractivity contribution in [3.8, 4) is 11.1 Å². The summed E-state index contributed by atoms with van der Waals surface area (Å²) in [6, 6.07) is 7.09. The van der Waals surface area contributed by atoms with Crippen molar-refractivity contribution in [1.29, 1.82) is 0 Å². The summed E-state index contributed by atoms with van der Waals surface area (Å²) in [5.74, 6) is -3.95. The van der Waals surface area contributed by atoms with Gasteiger partial charge in [0.15, 0.2) is 17.5 Å². The molecule has 2 aromatic rings. The Balaban J connectivity index is 2.06. The zero-order valence-corrected chi connectivity index (χ0v) is 13.2. The van der Waals surface area contributed by atoms with Gasteiger partial charge in [-0.05, 0) is 35.2 Å². The van der Waals surface area contributed by atoms with Crippen LogP contribution >= 0.6 is 0 Å². The van der Waals surface area contributed by atoms with Crippen molar-refractivity contribution in [2.24, 2.45) is 11.1 Å². The number of nitrogens with two attached hydrogens (primary N) is 1. The van der Waals surface area contributed by atoms with E-state index in [4.69, 9.17) is 10.5 Å². The summed E-state index contributed by atoms with van der Waals surface area (Å²) >= 11 is 0. The minimum absolute atomic E-state index is 0.0197. The number of primary amides is 1. The lowest BCUT2D eigenvalue weighted by atomic mass is 9.87. The molecule has 2 aromatic carbocycles. The van der Waals surface area contributed by atoms with Gasteiger partial charge < -0.3 is 10.5 Å². The molecule has 0 heterocycles. The van der Waals surface area contributed by atoms with Crippen molar-refractivity contribution < 1.29 is 22.7 Å². The van der Waals surface area contributed by atoms with E-state index in [2.05, 4.69) is 0 Å². The van der Waals surface area contributed by atoms with Crippen molar-refractivity contribution >= 4 is 6.09 Å². The molecule has 0 aliphatic heterocycles. The van der Waals surface area contributed by atoms with Gasteiger partial charge in [0.05, 0.1) is 0 Å². The van der Waals surface area contributed by atoms with E-state index in [9.17, 15) is 18.0 Å². The molecule has 1 aliphatic rings. The average molecular weight is 335 g/mol. The first-order chi connectivity index (χ1) is 11.2. The predicted molar refractivity (Wildman–Crippen MR) is 82.6 cm³/mol. The van der Waals surface area contributed by atoms with Gasteiger partial charge in [0, 0.05) is 11.0 Å². The van der Waals surface area contributed by atoms with Crippen LogP contribution in [0.1, 0.15) is 31.1 Å². The quantitative estimate of drug-likeness (QED) is 0.822. The third-order valence-corrected chi connectivity index (χ3v) is 4.36. The third-order valence-electron chi connectivity index (χ3n) is 4.36. The standard InChI is InChI=1S/C18H16F3NO2/c1-18(2)8-10-7-9(3-4-12(10)16(18)24-17(22)23)11-5-6-13(19)15(21)14(11)20/h3-7,16H,8H2,1-2H3,(H2,22,23). The smallest absolute Gasteiger partial charge is 0.405 e. The van der Waals surface area contributed by atoms with Crippen molar-refractivity contribution in [1.82, 2.24) is 0 Å². The van der Waals surface area contributed by atoms with Gasteiger partial charge in [-0.3, -0.25) is 0 Å². The third kappa shape index (κ3) is 2.62. The number of carbonyl (C=O) groups excluding carboxylic acids is 1. The van der Waals surface area contributed by atoms with Crippen LogP contribution in [0.2, 0.25) is 0 Å². The highest BCUT2D eigenvalue weighted by atomic mass is 19.2. The minimum atomic E-state index is -1.50. The molecule has 1 amide bonds. The topological polar surface area (TPSA) is 52.3 Å². The van der Waals surface area contributed by atoms with Gasteiger partial charge in [0.1, 0.15) is 6.10 Å². The Kier molecular flexibility index (Phi) is 3.78. The molecular formula is C18H16F3NO2. The number of hydrogen-bond acceptors (Lipinski definition) is 2. The fourth-order valence-corrected chi connectivity index (χ4v) is 3.27. The molecular weight excluding hydrogens is 319 g/mol. The second kappa shape index (κ2) is 5.54. The molecule has 1 atom stereocenters. The molecule has 0 fully saturated rings. The maximum atomic E-state index is 14.0. The highest BCUT2D eigenvalue weighted by Crippen LogP contribution is 2.48. The maximum absolute atomic E-state index is 14.0. The molecule has 0 radical (unpaired) electrons. The number of fused-ring (bicyclic) bond motifs is 1. The molecule has 2 N–H and O–H groups in total. The van der Waals surface area contributed by atoms with Crippen LogP contribution in [-0.4, -0.2) is 6.09 Å². The number of hydrogen-bond donors (Lipinski definition) is 1. The maximum Gasteiger partial charge on any atom is 0.405 e. The monoisotopic (exact) mass is 335 g/mol. The van der Waals surface area contributed by atoms with Crippen molar-refractivity contribution in [2.45, 2.75) is 26.4 Å².